The van der Waals surface area contributed by atoms with Gasteiger partial charge >= 0.3 is 0 Å². The number of benzene rings is 11. The number of nitrogens with zero attached hydrogens (tertiary/aromatic N) is 2. The van der Waals surface area contributed by atoms with E-state index in [1.54, 1.807) is 0 Å². The Morgan fingerprint density at radius 2 is 0.853 bits per heavy atom. The van der Waals surface area contributed by atoms with Crippen molar-refractivity contribution in [2.45, 2.75) is 5.41 Å². The zero-order chi connectivity index (χ0) is 44.5. The van der Waals surface area contributed by atoms with Crippen LogP contribution in [-0.2, 0) is 5.41 Å². The molecule has 2 nitrogen and oxygen atoms in total. The molecule has 68 heavy (non-hydrogen) atoms. The molecule has 3 heterocycles. The third-order valence-electron chi connectivity index (χ3n) is 15.2. The third kappa shape index (κ3) is 5.04. The van der Waals surface area contributed by atoms with Gasteiger partial charge in [-0.25, -0.2) is 4.98 Å². The quantitative estimate of drug-likeness (QED) is 0.161. The second-order valence-corrected chi connectivity index (χ2v) is 18.5. The van der Waals surface area contributed by atoms with Crippen molar-refractivity contribution in [3.05, 3.63) is 265 Å². The van der Waals surface area contributed by atoms with Gasteiger partial charge in [0.1, 0.15) is 0 Å². The highest BCUT2D eigenvalue weighted by Gasteiger charge is 2.51. The van der Waals surface area contributed by atoms with Crippen molar-refractivity contribution in [2.24, 2.45) is 0 Å². The summed E-state index contributed by atoms with van der Waals surface area (Å²) >= 11 is 0. The maximum atomic E-state index is 5.60. The molecule has 15 rings (SSSR count). The summed E-state index contributed by atoms with van der Waals surface area (Å²) in [5, 5.41) is 10.2. The Morgan fingerprint density at radius 1 is 0.294 bits per heavy atom. The predicted molar refractivity (Wildman–Crippen MR) is 284 cm³/mol. The van der Waals surface area contributed by atoms with Crippen LogP contribution in [0.5, 0.6) is 0 Å². The lowest BCUT2D eigenvalue weighted by atomic mass is 9.65. The van der Waals surface area contributed by atoms with E-state index < -0.39 is 5.41 Å². The fourth-order valence-corrected chi connectivity index (χ4v) is 12.4. The Kier molecular flexibility index (Phi) is 7.74. The Bertz CT molecular complexity index is 4160. The van der Waals surface area contributed by atoms with Gasteiger partial charge in [-0.2, -0.15) is 0 Å². The molecule has 0 amide bonds. The molecule has 11 aromatic carbocycles. The minimum Gasteiger partial charge on any atom is -0.309 e. The van der Waals surface area contributed by atoms with E-state index in [1.807, 2.05) is 0 Å². The monoisotopic (exact) mass is 860 g/mol. The predicted octanol–water partition coefficient (Wildman–Crippen LogP) is 17.0. The zero-order valence-electron chi connectivity index (χ0n) is 37.0. The molecule has 0 N–H and O–H groups in total. The minimum absolute atomic E-state index is 0.614. The number of pyridine rings is 1. The van der Waals surface area contributed by atoms with Crippen molar-refractivity contribution in [1.82, 2.24) is 9.55 Å². The van der Waals surface area contributed by atoms with Crippen LogP contribution >= 0.6 is 0 Å². The van der Waals surface area contributed by atoms with Gasteiger partial charge in [0, 0.05) is 21.9 Å². The lowest BCUT2D eigenvalue weighted by molar-refractivity contribution is 0.748. The largest absolute Gasteiger partial charge is 0.309 e. The number of para-hydroxylation sites is 3. The summed E-state index contributed by atoms with van der Waals surface area (Å²) in [7, 11) is 0. The highest BCUT2D eigenvalue weighted by Crippen LogP contribution is 2.63. The van der Waals surface area contributed by atoms with Crippen molar-refractivity contribution < 1.29 is 0 Å². The van der Waals surface area contributed by atoms with Crippen molar-refractivity contribution in [3.8, 4) is 61.6 Å². The van der Waals surface area contributed by atoms with Crippen LogP contribution in [0.3, 0.4) is 0 Å². The van der Waals surface area contributed by atoms with Crippen LogP contribution in [0, 0.1) is 0 Å². The normalized spacial score (nSPS) is 14.5. The standard InChI is InChI=1S/C66H40N2/c1-3-17-41(18-4-1)45-39-60(42-19-5-2-6-20-42)67-61(40-45)53-27-16-29-58-64(53)55-38-44(43-33-35-50-48-23-8-7-21-46(48)47-22-9-10-24-49(47)54(50)37-43)34-36-56(55)66(58)57-28-12-14-32-63(57)68-62-31-13-11-25-51(62)52-26-15-30-59(66)65(52)68/h1-40H. The second-order valence-electron chi connectivity index (χ2n) is 18.5. The van der Waals surface area contributed by atoms with Crippen LogP contribution < -0.4 is 0 Å². The van der Waals surface area contributed by atoms with Crippen LogP contribution in [-0.4, -0.2) is 9.55 Å². The summed E-state index contributed by atoms with van der Waals surface area (Å²) in [5.74, 6) is 0. The number of fused-ring (bicyclic) bond motifs is 18. The first-order valence-electron chi connectivity index (χ1n) is 23.6. The maximum absolute atomic E-state index is 5.60. The molecule has 1 aliphatic heterocycles. The van der Waals surface area contributed by atoms with E-state index in [9.17, 15) is 0 Å². The fourth-order valence-electron chi connectivity index (χ4n) is 12.4. The number of hydrogen-bond acceptors (Lipinski definition) is 1. The topological polar surface area (TPSA) is 17.8 Å². The van der Waals surface area contributed by atoms with Gasteiger partial charge in [0.25, 0.3) is 0 Å². The van der Waals surface area contributed by atoms with Gasteiger partial charge in [0.2, 0.25) is 0 Å². The van der Waals surface area contributed by atoms with Crippen LogP contribution in [0.1, 0.15) is 22.3 Å². The van der Waals surface area contributed by atoms with E-state index in [2.05, 4.69) is 247 Å². The first-order valence-corrected chi connectivity index (χ1v) is 23.6. The van der Waals surface area contributed by atoms with Crippen molar-refractivity contribution in [2.75, 3.05) is 0 Å². The molecule has 1 aliphatic carbocycles. The molecule has 0 saturated carbocycles. The second kappa shape index (κ2) is 14.1. The van der Waals surface area contributed by atoms with Gasteiger partial charge in [-0.05, 0) is 124 Å². The Hall–Kier alpha value is -8.85. The molecule has 1 unspecified atom stereocenters. The molecular formula is C66H40N2. The van der Waals surface area contributed by atoms with Crippen LogP contribution in [0.25, 0.3) is 116 Å². The first-order chi connectivity index (χ1) is 33.7. The van der Waals surface area contributed by atoms with Gasteiger partial charge in [0.05, 0.1) is 33.5 Å². The van der Waals surface area contributed by atoms with Gasteiger partial charge in [-0.1, -0.05) is 206 Å². The van der Waals surface area contributed by atoms with Gasteiger partial charge < -0.3 is 4.57 Å². The summed E-state index contributed by atoms with van der Waals surface area (Å²) in [6.45, 7) is 0. The highest BCUT2D eigenvalue weighted by atomic mass is 15.0. The molecule has 1 spiro atoms. The van der Waals surface area contributed by atoms with Crippen molar-refractivity contribution in [1.29, 1.82) is 0 Å². The van der Waals surface area contributed by atoms with Gasteiger partial charge in [0.15, 0.2) is 0 Å². The molecule has 2 aliphatic rings. The fraction of sp³-hybridized carbons (Fsp3) is 0.0152. The van der Waals surface area contributed by atoms with Gasteiger partial charge in [-0.3, -0.25) is 0 Å². The molecule has 0 saturated heterocycles. The molecule has 1 atom stereocenters. The lowest BCUT2D eigenvalue weighted by Crippen LogP contribution is -2.33. The maximum Gasteiger partial charge on any atom is 0.0754 e. The SMILES string of the molecule is c1ccc(-c2cc(-c3ccccc3)nc(-c3cccc4c3-c3cc(-c5ccc6c7ccccc7c7ccccc7c6c5)ccc3C43c4ccccc4-n4c5ccccc5c5cccc3c54)c2)cc1. The Morgan fingerprint density at radius 3 is 1.63 bits per heavy atom. The first kappa shape index (κ1) is 37.4. The Balaban J connectivity index is 1.05. The Labute approximate surface area is 393 Å². The van der Waals surface area contributed by atoms with Gasteiger partial charge in [-0.15, -0.1) is 0 Å². The van der Waals surface area contributed by atoms with Crippen molar-refractivity contribution >= 4 is 54.1 Å². The molecule has 0 fully saturated rings. The molecule has 0 bridgehead atoms. The molecule has 2 heteroatoms. The zero-order valence-corrected chi connectivity index (χ0v) is 37.0. The van der Waals surface area contributed by atoms with Crippen LogP contribution in [0.2, 0.25) is 0 Å². The molecule has 13 aromatic rings. The molecule has 314 valence electrons. The lowest BCUT2D eigenvalue weighted by Gasteiger charge is -2.39. The van der Waals surface area contributed by atoms with Crippen LogP contribution in [0.4, 0.5) is 0 Å². The summed E-state index contributed by atoms with van der Waals surface area (Å²) in [5.41, 5.74) is 19.5. The van der Waals surface area contributed by atoms with E-state index in [0.717, 1.165) is 33.6 Å². The van der Waals surface area contributed by atoms with Crippen LogP contribution in [0.15, 0.2) is 243 Å². The molecule has 0 radical (unpaired) electrons. The van der Waals surface area contributed by atoms with E-state index in [1.165, 1.54) is 104 Å². The van der Waals surface area contributed by atoms with E-state index in [-0.39, 0.29) is 0 Å². The summed E-state index contributed by atoms with van der Waals surface area (Å²) in [6.07, 6.45) is 0. The highest BCUT2D eigenvalue weighted by molar-refractivity contribution is 6.26. The summed E-state index contributed by atoms with van der Waals surface area (Å²) < 4.78 is 2.52. The number of rotatable bonds is 4. The summed E-state index contributed by atoms with van der Waals surface area (Å²) in [4.78, 5) is 5.60. The van der Waals surface area contributed by atoms with E-state index in [4.69, 9.17) is 4.98 Å². The average molecular weight is 861 g/mol. The smallest absolute Gasteiger partial charge is 0.0754 e. The van der Waals surface area contributed by atoms with E-state index >= 15 is 0 Å². The number of hydrogen-bond donors (Lipinski definition) is 0. The summed E-state index contributed by atoms with van der Waals surface area (Å²) in [6, 6.07) is 90.0. The average Bonchev–Trinajstić information content (AvgIpc) is 3.91. The third-order valence-corrected chi connectivity index (χ3v) is 15.2. The molecular weight excluding hydrogens is 821 g/mol. The van der Waals surface area contributed by atoms with E-state index in [0.29, 0.717) is 0 Å². The molecule has 2 aromatic heterocycles. The number of aromatic nitrogens is 2. The van der Waals surface area contributed by atoms with Crippen molar-refractivity contribution in [3.63, 3.8) is 0 Å². The minimum atomic E-state index is -0.614.